The van der Waals surface area contributed by atoms with Crippen LogP contribution in [0.4, 0.5) is 5.69 Å². The SMILES string of the molecule is O=[N+]([O-])c1ccc(S(=O)(=O)NS(=O)(=O)c2ccc3c(c2)CCC3)cc1. The van der Waals surface area contributed by atoms with Gasteiger partial charge in [0, 0.05) is 12.1 Å². The normalized spacial score (nSPS) is 14.2. The van der Waals surface area contributed by atoms with Crippen LogP contribution in [0.3, 0.4) is 0 Å². The fourth-order valence-corrected chi connectivity index (χ4v) is 5.67. The number of nitro benzene ring substituents is 1. The number of non-ortho nitro benzene ring substituents is 1. The Hall–Kier alpha value is -2.30. The minimum Gasteiger partial charge on any atom is -0.258 e. The average Bonchev–Trinajstić information content (AvgIpc) is 3.01. The zero-order valence-electron chi connectivity index (χ0n) is 12.9. The van der Waals surface area contributed by atoms with Gasteiger partial charge in [0.2, 0.25) is 0 Å². The molecule has 0 unspecified atom stereocenters. The van der Waals surface area contributed by atoms with Crippen molar-refractivity contribution in [1.29, 1.82) is 0 Å². The van der Waals surface area contributed by atoms with E-state index in [1.165, 1.54) is 12.1 Å². The van der Waals surface area contributed by atoms with Crippen LogP contribution < -0.4 is 4.13 Å². The summed E-state index contributed by atoms with van der Waals surface area (Å²) >= 11 is 0. The Balaban J connectivity index is 1.90. The first-order valence-electron chi connectivity index (χ1n) is 7.34. The Bertz CT molecular complexity index is 1040. The fourth-order valence-electron chi connectivity index (χ4n) is 2.70. The lowest BCUT2D eigenvalue weighted by Gasteiger charge is -2.09. The molecule has 1 aliphatic rings. The summed E-state index contributed by atoms with van der Waals surface area (Å²) in [5, 5.41) is 10.6. The van der Waals surface area contributed by atoms with Crippen LogP contribution in [0, 0.1) is 10.1 Å². The van der Waals surface area contributed by atoms with Gasteiger partial charge in [0.05, 0.1) is 14.7 Å². The Kier molecular flexibility index (Phi) is 4.35. The van der Waals surface area contributed by atoms with E-state index in [4.69, 9.17) is 0 Å². The summed E-state index contributed by atoms with van der Waals surface area (Å²) in [5.74, 6) is 0. The van der Waals surface area contributed by atoms with Crippen LogP contribution >= 0.6 is 0 Å². The number of nitro groups is 1. The van der Waals surface area contributed by atoms with E-state index in [9.17, 15) is 26.9 Å². The molecule has 1 N–H and O–H groups in total. The first kappa shape index (κ1) is 17.5. The van der Waals surface area contributed by atoms with Crippen molar-refractivity contribution >= 4 is 25.7 Å². The summed E-state index contributed by atoms with van der Waals surface area (Å²) in [6.45, 7) is 0. The van der Waals surface area contributed by atoms with Crippen LogP contribution in [0.15, 0.2) is 52.3 Å². The molecule has 2 aromatic carbocycles. The van der Waals surface area contributed by atoms with Crippen molar-refractivity contribution in [3.8, 4) is 0 Å². The van der Waals surface area contributed by atoms with Crippen LogP contribution in [-0.2, 0) is 32.9 Å². The monoisotopic (exact) mass is 382 g/mol. The molecule has 132 valence electrons. The summed E-state index contributed by atoms with van der Waals surface area (Å²) in [6, 6.07) is 8.51. The predicted molar refractivity (Wildman–Crippen MR) is 89.1 cm³/mol. The maximum atomic E-state index is 12.4. The fraction of sp³-hybridized carbons (Fsp3) is 0.200. The van der Waals surface area contributed by atoms with Gasteiger partial charge >= 0.3 is 0 Å². The molecule has 0 heterocycles. The van der Waals surface area contributed by atoms with Gasteiger partial charge in [0.25, 0.3) is 25.7 Å². The molecular formula is C15H14N2O6S2. The van der Waals surface area contributed by atoms with Gasteiger partial charge in [-0.05, 0) is 54.7 Å². The predicted octanol–water partition coefficient (Wildman–Crippen LogP) is 1.75. The van der Waals surface area contributed by atoms with Crippen molar-refractivity contribution in [2.24, 2.45) is 0 Å². The number of nitrogens with zero attached hydrogens (tertiary/aromatic N) is 1. The second-order valence-electron chi connectivity index (χ2n) is 5.63. The second-order valence-corrected chi connectivity index (χ2v) is 9.25. The number of rotatable bonds is 5. The molecule has 3 rings (SSSR count). The molecule has 0 fully saturated rings. The Morgan fingerprint density at radius 3 is 2.04 bits per heavy atom. The van der Waals surface area contributed by atoms with Crippen LogP contribution in [0.25, 0.3) is 0 Å². The van der Waals surface area contributed by atoms with E-state index >= 15 is 0 Å². The molecule has 25 heavy (non-hydrogen) atoms. The minimum atomic E-state index is -4.38. The van der Waals surface area contributed by atoms with Gasteiger partial charge in [-0.2, -0.15) is 0 Å². The second kappa shape index (κ2) is 6.21. The lowest BCUT2D eigenvalue weighted by atomic mass is 10.1. The largest absolute Gasteiger partial charge is 0.269 e. The molecule has 0 saturated heterocycles. The molecule has 0 amide bonds. The van der Waals surface area contributed by atoms with Gasteiger partial charge in [-0.1, -0.05) is 6.07 Å². The van der Waals surface area contributed by atoms with Gasteiger partial charge < -0.3 is 0 Å². The first-order valence-corrected chi connectivity index (χ1v) is 10.3. The lowest BCUT2D eigenvalue weighted by molar-refractivity contribution is -0.384. The topological polar surface area (TPSA) is 123 Å². The maximum absolute atomic E-state index is 12.4. The van der Waals surface area contributed by atoms with Crippen molar-refractivity contribution in [3.05, 3.63) is 63.7 Å². The highest BCUT2D eigenvalue weighted by Crippen LogP contribution is 2.25. The van der Waals surface area contributed by atoms with Crippen LogP contribution in [0.2, 0.25) is 0 Å². The first-order chi connectivity index (χ1) is 11.7. The number of sulfonamides is 2. The highest BCUT2D eigenvalue weighted by Gasteiger charge is 2.26. The maximum Gasteiger partial charge on any atom is 0.269 e. The van der Waals surface area contributed by atoms with E-state index < -0.39 is 25.0 Å². The molecule has 0 spiro atoms. The summed E-state index contributed by atoms with van der Waals surface area (Å²) in [7, 11) is -8.67. The summed E-state index contributed by atoms with van der Waals surface area (Å²) in [5.41, 5.74) is 1.67. The van der Waals surface area contributed by atoms with Crippen molar-refractivity contribution in [3.63, 3.8) is 0 Å². The average molecular weight is 382 g/mol. The zero-order chi connectivity index (χ0) is 18.2. The van der Waals surface area contributed by atoms with Gasteiger partial charge in [0.15, 0.2) is 0 Å². The molecule has 0 saturated carbocycles. The van der Waals surface area contributed by atoms with E-state index in [2.05, 4.69) is 0 Å². The van der Waals surface area contributed by atoms with Gasteiger partial charge in [-0.3, -0.25) is 10.1 Å². The summed E-state index contributed by atoms with van der Waals surface area (Å²) in [4.78, 5) is 9.44. The number of hydrogen-bond donors (Lipinski definition) is 1. The van der Waals surface area contributed by atoms with E-state index in [0.717, 1.165) is 54.7 Å². The molecule has 2 aromatic rings. The van der Waals surface area contributed by atoms with Crippen molar-refractivity contribution in [1.82, 2.24) is 4.13 Å². The molecule has 0 aliphatic heterocycles. The van der Waals surface area contributed by atoms with E-state index in [1.807, 2.05) is 0 Å². The third kappa shape index (κ3) is 3.55. The number of fused-ring (bicyclic) bond motifs is 1. The molecule has 10 heteroatoms. The lowest BCUT2D eigenvalue weighted by Crippen LogP contribution is -2.30. The van der Waals surface area contributed by atoms with Gasteiger partial charge in [-0.15, -0.1) is 4.13 Å². The number of benzene rings is 2. The smallest absolute Gasteiger partial charge is 0.258 e. The van der Waals surface area contributed by atoms with E-state index in [0.29, 0.717) is 0 Å². The van der Waals surface area contributed by atoms with Gasteiger partial charge in [0.1, 0.15) is 0 Å². The van der Waals surface area contributed by atoms with Crippen LogP contribution in [0.5, 0.6) is 0 Å². The number of hydrogen-bond acceptors (Lipinski definition) is 6. The van der Waals surface area contributed by atoms with Crippen LogP contribution in [0.1, 0.15) is 17.5 Å². The highest BCUT2D eigenvalue weighted by atomic mass is 32.3. The quantitative estimate of drug-likeness (QED) is 0.621. The molecule has 0 atom stereocenters. The Morgan fingerprint density at radius 2 is 1.40 bits per heavy atom. The molecular weight excluding hydrogens is 368 g/mol. The summed E-state index contributed by atoms with van der Waals surface area (Å²) < 4.78 is 51.0. The van der Waals surface area contributed by atoms with Crippen molar-refractivity contribution in [2.45, 2.75) is 29.1 Å². The third-order valence-electron chi connectivity index (χ3n) is 3.96. The number of nitrogens with one attached hydrogen (secondary N) is 1. The van der Waals surface area contributed by atoms with Crippen molar-refractivity contribution in [2.75, 3.05) is 0 Å². The van der Waals surface area contributed by atoms with Gasteiger partial charge in [-0.25, -0.2) is 16.8 Å². The Labute approximate surface area is 144 Å². The molecule has 0 bridgehead atoms. The van der Waals surface area contributed by atoms with E-state index in [1.54, 1.807) is 10.2 Å². The highest BCUT2D eigenvalue weighted by molar-refractivity contribution is 8.04. The molecule has 0 aromatic heterocycles. The third-order valence-corrected chi connectivity index (χ3v) is 7.48. The summed E-state index contributed by atoms with van der Waals surface area (Å²) in [6.07, 6.45) is 2.57. The minimum absolute atomic E-state index is 0.126. The van der Waals surface area contributed by atoms with Crippen molar-refractivity contribution < 1.29 is 21.8 Å². The standard InChI is InChI=1S/C15H14N2O6S2/c18-17(19)13-5-8-14(9-6-13)24(20,21)16-25(22,23)15-7-4-11-2-1-3-12(11)10-15/h4-10,16H,1-3H2. The Morgan fingerprint density at radius 1 is 0.840 bits per heavy atom. The van der Waals surface area contributed by atoms with E-state index in [-0.39, 0.29) is 15.5 Å². The molecule has 0 radical (unpaired) electrons. The molecule has 8 nitrogen and oxygen atoms in total. The van der Waals surface area contributed by atoms with Crippen LogP contribution in [-0.4, -0.2) is 21.8 Å². The zero-order valence-corrected chi connectivity index (χ0v) is 14.5. The number of aryl methyl sites for hydroxylation is 2. The molecule has 1 aliphatic carbocycles.